The summed E-state index contributed by atoms with van der Waals surface area (Å²) in [5.41, 5.74) is 4.85. The fourth-order valence-corrected chi connectivity index (χ4v) is 4.10. The van der Waals surface area contributed by atoms with Crippen LogP contribution in [0.25, 0.3) is 10.9 Å². The summed E-state index contributed by atoms with van der Waals surface area (Å²) in [5.74, 6) is 0.200. The summed E-state index contributed by atoms with van der Waals surface area (Å²) >= 11 is 0. The monoisotopic (exact) mass is 381 g/mol. The van der Waals surface area contributed by atoms with Gasteiger partial charge in [-0.25, -0.2) is 0 Å². The van der Waals surface area contributed by atoms with Crippen LogP contribution in [0.3, 0.4) is 0 Å². The minimum Gasteiger partial charge on any atom is -0.384 e. The molecule has 6 nitrogen and oxygen atoms in total. The second-order valence-corrected chi connectivity index (χ2v) is 8.14. The predicted octanol–water partition coefficient (Wildman–Crippen LogP) is 2.39. The van der Waals surface area contributed by atoms with E-state index in [0.29, 0.717) is 32.1 Å². The third kappa shape index (κ3) is 3.49. The highest BCUT2D eigenvalue weighted by Crippen LogP contribution is 2.40. The van der Waals surface area contributed by atoms with E-state index < -0.39 is 6.10 Å². The van der Waals surface area contributed by atoms with Crippen molar-refractivity contribution in [3.63, 3.8) is 0 Å². The molecule has 1 aliphatic heterocycles. The lowest BCUT2D eigenvalue weighted by molar-refractivity contribution is -0.140. The average molecular weight is 381 g/mol. The van der Waals surface area contributed by atoms with Crippen LogP contribution in [-0.4, -0.2) is 64.0 Å². The number of piperazine rings is 1. The molecule has 1 aromatic heterocycles. The molecule has 2 heterocycles. The molecule has 4 rings (SSSR count). The number of nitrogens with zero attached hydrogens (tertiary/aromatic N) is 3. The first-order valence-electron chi connectivity index (χ1n) is 10.0. The molecule has 2 fully saturated rings. The van der Waals surface area contributed by atoms with E-state index in [1.54, 1.807) is 4.90 Å². The Hall–Kier alpha value is -2.47. The van der Waals surface area contributed by atoms with Crippen molar-refractivity contribution in [3.8, 4) is 0 Å². The van der Waals surface area contributed by atoms with E-state index in [2.05, 4.69) is 19.1 Å². The van der Waals surface area contributed by atoms with Crippen LogP contribution in [0.1, 0.15) is 52.9 Å². The highest BCUT2D eigenvalue weighted by Gasteiger charge is 2.30. The molecule has 28 heavy (non-hydrogen) atoms. The molecule has 2 aliphatic rings. The van der Waals surface area contributed by atoms with E-state index in [1.165, 1.54) is 6.92 Å². The summed E-state index contributed by atoms with van der Waals surface area (Å²) in [5, 5.41) is 10.4. The van der Waals surface area contributed by atoms with Crippen molar-refractivity contribution in [2.45, 2.75) is 45.6 Å². The summed E-state index contributed by atoms with van der Waals surface area (Å²) in [6.07, 6.45) is 1.27. The summed E-state index contributed by atoms with van der Waals surface area (Å²) in [6.45, 7) is 7.42. The number of aromatic nitrogens is 1. The van der Waals surface area contributed by atoms with Crippen molar-refractivity contribution in [3.05, 3.63) is 40.6 Å². The van der Waals surface area contributed by atoms with Gasteiger partial charge in [-0.3, -0.25) is 14.6 Å². The molecule has 1 atom stereocenters. The van der Waals surface area contributed by atoms with Crippen LogP contribution in [0.5, 0.6) is 0 Å². The number of pyridine rings is 1. The zero-order valence-corrected chi connectivity index (χ0v) is 16.7. The van der Waals surface area contributed by atoms with Gasteiger partial charge in [0, 0.05) is 43.2 Å². The second kappa shape index (κ2) is 7.17. The second-order valence-electron chi connectivity index (χ2n) is 8.14. The number of aliphatic hydroxyl groups is 1. The molecule has 1 saturated carbocycles. The topological polar surface area (TPSA) is 73.7 Å². The molecular weight excluding hydrogens is 354 g/mol. The zero-order valence-electron chi connectivity index (χ0n) is 16.7. The van der Waals surface area contributed by atoms with Gasteiger partial charge in [-0.05, 0) is 56.9 Å². The van der Waals surface area contributed by atoms with Crippen LogP contribution in [0, 0.1) is 13.8 Å². The molecule has 1 saturated heterocycles. The molecule has 0 radical (unpaired) electrons. The lowest BCUT2D eigenvalue weighted by Crippen LogP contribution is -2.52. The van der Waals surface area contributed by atoms with E-state index >= 15 is 0 Å². The molecule has 0 unspecified atom stereocenters. The fraction of sp³-hybridized carbons (Fsp3) is 0.500. The van der Waals surface area contributed by atoms with Crippen LogP contribution in [0.4, 0.5) is 0 Å². The summed E-state index contributed by atoms with van der Waals surface area (Å²) in [7, 11) is 0. The molecule has 0 bridgehead atoms. The van der Waals surface area contributed by atoms with Gasteiger partial charge in [-0.2, -0.15) is 0 Å². The van der Waals surface area contributed by atoms with Crippen molar-refractivity contribution in [1.29, 1.82) is 0 Å². The minimum absolute atomic E-state index is 0.00500. The van der Waals surface area contributed by atoms with Crippen molar-refractivity contribution in [1.82, 2.24) is 14.8 Å². The number of rotatable bonds is 3. The SMILES string of the molecule is Cc1cc(C)c2c(C(=O)N3CCN(C(=O)[C@@H](C)O)CC3)cc(C3CC3)nc2c1. The molecule has 1 N–H and O–H groups in total. The third-order valence-electron chi connectivity index (χ3n) is 5.73. The lowest BCUT2D eigenvalue weighted by atomic mass is 9.98. The van der Waals surface area contributed by atoms with Crippen LogP contribution in [0.15, 0.2) is 18.2 Å². The Morgan fingerprint density at radius 2 is 1.71 bits per heavy atom. The van der Waals surface area contributed by atoms with E-state index in [9.17, 15) is 14.7 Å². The Labute approximate surface area is 165 Å². The fourth-order valence-electron chi connectivity index (χ4n) is 4.10. The van der Waals surface area contributed by atoms with Crippen molar-refractivity contribution in [2.24, 2.45) is 0 Å². The number of aryl methyl sites for hydroxylation is 2. The summed E-state index contributed by atoms with van der Waals surface area (Å²) in [6, 6.07) is 6.14. The van der Waals surface area contributed by atoms with Crippen molar-refractivity contribution >= 4 is 22.7 Å². The first-order valence-corrected chi connectivity index (χ1v) is 10.0. The minimum atomic E-state index is -1.00. The van der Waals surface area contributed by atoms with Gasteiger partial charge in [0.2, 0.25) is 0 Å². The Morgan fingerprint density at radius 1 is 1.07 bits per heavy atom. The number of hydrogen-bond donors (Lipinski definition) is 1. The molecular formula is C22H27N3O3. The first-order chi connectivity index (χ1) is 13.3. The molecule has 2 aromatic rings. The van der Waals surface area contributed by atoms with Crippen molar-refractivity contribution < 1.29 is 14.7 Å². The Morgan fingerprint density at radius 3 is 2.32 bits per heavy atom. The van der Waals surface area contributed by atoms with Gasteiger partial charge >= 0.3 is 0 Å². The molecule has 0 spiro atoms. The van der Waals surface area contributed by atoms with Crippen LogP contribution < -0.4 is 0 Å². The Bertz CT molecular complexity index is 942. The van der Waals surface area contributed by atoms with Crippen LogP contribution in [0.2, 0.25) is 0 Å². The van der Waals surface area contributed by atoms with Crippen molar-refractivity contribution in [2.75, 3.05) is 26.2 Å². The third-order valence-corrected chi connectivity index (χ3v) is 5.73. The molecule has 148 valence electrons. The van der Waals surface area contributed by atoms with E-state index in [1.807, 2.05) is 17.9 Å². The number of carbonyl (C=O) groups excluding carboxylic acids is 2. The smallest absolute Gasteiger partial charge is 0.254 e. The maximum Gasteiger partial charge on any atom is 0.254 e. The molecule has 1 aromatic carbocycles. The Balaban J connectivity index is 1.65. The van der Waals surface area contributed by atoms with Gasteiger partial charge < -0.3 is 14.9 Å². The largest absolute Gasteiger partial charge is 0.384 e. The van der Waals surface area contributed by atoms with Gasteiger partial charge in [0.25, 0.3) is 11.8 Å². The number of fused-ring (bicyclic) bond motifs is 1. The van der Waals surface area contributed by atoms with E-state index in [4.69, 9.17) is 4.98 Å². The molecule has 6 heteroatoms. The highest BCUT2D eigenvalue weighted by atomic mass is 16.3. The van der Waals surface area contributed by atoms with Gasteiger partial charge in [-0.1, -0.05) is 6.07 Å². The van der Waals surface area contributed by atoms with Gasteiger partial charge in [0.15, 0.2) is 0 Å². The molecule has 2 amide bonds. The Kier molecular flexibility index (Phi) is 4.83. The van der Waals surface area contributed by atoms with Crippen LogP contribution in [-0.2, 0) is 4.79 Å². The quantitative estimate of drug-likeness (QED) is 0.886. The van der Waals surface area contributed by atoms with E-state index in [0.717, 1.165) is 46.1 Å². The van der Waals surface area contributed by atoms with Crippen LogP contribution >= 0.6 is 0 Å². The maximum atomic E-state index is 13.4. The summed E-state index contributed by atoms with van der Waals surface area (Å²) < 4.78 is 0. The number of amides is 2. The van der Waals surface area contributed by atoms with E-state index in [-0.39, 0.29) is 11.8 Å². The number of carbonyl (C=O) groups is 2. The maximum absolute atomic E-state index is 13.4. The average Bonchev–Trinajstić information content (AvgIpc) is 3.51. The number of aliphatic hydroxyl groups excluding tert-OH is 1. The normalized spacial score (nSPS) is 18.4. The first kappa shape index (κ1) is 18.9. The van der Waals surface area contributed by atoms with Gasteiger partial charge in [-0.15, -0.1) is 0 Å². The number of benzene rings is 1. The number of hydrogen-bond acceptors (Lipinski definition) is 4. The predicted molar refractivity (Wildman–Crippen MR) is 107 cm³/mol. The molecule has 1 aliphatic carbocycles. The standard InChI is InChI=1S/C22H27N3O3/c1-13-10-14(2)20-17(12-18(16-4-5-16)23-19(20)11-13)22(28)25-8-6-24(7-9-25)21(27)15(3)26/h10-12,15-16,26H,4-9H2,1-3H3/t15-/m1/s1. The summed E-state index contributed by atoms with van der Waals surface area (Å²) in [4.78, 5) is 33.7. The lowest BCUT2D eigenvalue weighted by Gasteiger charge is -2.35. The zero-order chi connectivity index (χ0) is 20.0. The van der Waals surface area contributed by atoms with Gasteiger partial charge in [0.05, 0.1) is 11.1 Å². The van der Waals surface area contributed by atoms with Gasteiger partial charge in [0.1, 0.15) is 6.10 Å². The highest BCUT2D eigenvalue weighted by molar-refractivity contribution is 6.07.